The minimum absolute atomic E-state index is 0.0966. The highest BCUT2D eigenvalue weighted by Gasteiger charge is 2.44. The van der Waals surface area contributed by atoms with E-state index < -0.39 is 11.4 Å². The predicted molar refractivity (Wildman–Crippen MR) is 87.9 cm³/mol. The van der Waals surface area contributed by atoms with E-state index in [2.05, 4.69) is 10.2 Å². The minimum atomic E-state index is -1.04. The number of nitrogens with one attached hydrogen (secondary N) is 1. The molecule has 0 spiro atoms. The van der Waals surface area contributed by atoms with E-state index in [4.69, 9.17) is 4.74 Å². The first-order valence-electron chi connectivity index (χ1n) is 7.92. The Balaban J connectivity index is 1.94. The Labute approximate surface area is 139 Å². The summed E-state index contributed by atoms with van der Waals surface area (Å²) < 4.78 is 5.12. The van der Waals surface area contributed by atoms with E-state index in [1.165, 1.54) is 7.11 Å². The van der Waals surface area contributed by atoms with Crippen LogP contribution in [0.25, 0.3) is 10.9 Å². The van der Waals surface area contributed by atoms with Crippen LogP contribution in [0, 0.1) is 12.3 Å². The van der Waals surface area contributed by atoms with Gasteiger partial charge in [-0.15, -0.1) is 0 Å². The standard InChI is InChI=1S/C17H21N3O4/c1-11-6-12-8-18-19-14(12)13(7-11)15(21)20-5-3-4-17(9-20,10-24-2)16(22)23/h6-8H,3-5,9-10H2,1-2H3,(H,18,19)(H,22,23). The molecule has 24 heavy (non-hydrogen) atoms. The number of hydrogen-bond acceptors (Lipinski definition) is 4. The zero-order valence-corrected chi connectivity index (χ0v) is 13.8. The van der Waals surface area contributed by atoms with E-state index in [1.807, 2.05) is 19.1 Å². The largest absolute Gasteiger partial charge is 0.481 e. The number of aryl methyl sites for hydroxylation is 1. The number of aromatic nitrogens is 2. The van der Waals surface area contributed by atoms with Crippen molar-refractivity contribution in [3.05, 3.63) is 29.5 Å². The predicted octanol–water partition coefficient (Wildman–Crippen LogP) is 1.82. The lowest BCUT2D eigenvalue weighted by molar-refractivity contribution is -0.155. The number of amides is 1. The first kappa shape index (κ1) is 16.4. The number of benzene rings is 1. The molecule has 1 amide bonds. The fourth-order valence-electron chi connectivity index (χ4n) is 3.48. The third kappa shape index (κ3) is 2.75. The van der Waals surface area contributed by atoms with Gasteiger partial charge in [0.2, 0.25) is 0 Å². The monoisotopic (exact) mass is 331 g/mol. The molecule has 1 aliphatic rings. The van der Waals surface area contributed by atoms with Crippen LogP contribution in [0.4, 0.5) is 0 Å². The Morgan fingerprint density at radius 3 is 2.96 bits per heavy atom. The van der Waals surface area contributed by atoms with Crippen LogP contribution in [0.2, 0.25) is 0 Å². The summed E-state index contributed by atoms with van der Waals surface area (Å²) in [6.07, 6.45) is 2.83. The van der Waals surface area contributed by atoms with Crippen LogP contribution >= 0.6 is 0 Å². The SMILES string of the molecule is COCC1(C(=O)O)CCCN(C(=O)c2cc(C)cc3cn[nH]c23)C1. The van der Waals surface area contributed by atoms with Crippen molar-refractivity contribution < 1.29 is 19.4 Å². The lowest BCUT2D eigenvalue weighted by Gasteiger charge is -2.39. The number of fused-ring (bicyclic) bond motifs is 1. The number of aromatic amines is 1. The lowest BCUT2D eigenvalue weighted by atomic mass is 9.80. The molecule has 2 heterocycles. The highest BCUT2D eigenvalue weighted by Crippen LogP contribution is 2.32. The summed E-state index contributed by atoms with van der Waals surface area (Å²) in [5.74, 6) is -1.09. The van der Waals surface area contributed by atoms with Crippen molar-refractivity contribution in [2.24, 2.45) is 5.41 Å². The maximum absolute atomic E-state index is 13.0. The number of hydrogen-bond donors (Lipinski definition) is 2. The van der Waals surface area contributed by atoms with Gasteiger partial charge in [0.05, 0.1) is 23.9 Å². The molecule has 2 aromatic rings. The van der Waals surface area contributed by atoms with Crippen molar-refractivity contribution in [1.29, 1.82) is 0 Å². The second-order valence-electron chi connectivity index (χ2n) is 6.50. The molecule has 3 rings (SSSR count). The zero-order chi connectivity index (χ0) is 17.3. The average Bonchev–Trinajstić information content (AvgIpc) is 3.02. The number of likely N-dealkylation sites (tertiary alicyclic amines) is 1. The molecule has 1 saturated heterocycles. The van der Waals surface area contributed by atoms with Crippen molar-refractivity contribution in [2.75, 3.05) is 26.8 Å². The van der Waals surface area contributed by atoms with Crippen LogP contribution in [0.1, 0.15) is 28.8 Å². The van der Waals surface area contributed by atoms with Gasteiger partial charge in [-0.1, -0.05) is 0 Å². The Morgan fingerprint density at radius 1 is 1.46 bits per heavy atom. The van der Waals surface area contributed by atoms with E-state index in [0.717, 1.165) is 10.9 Å². The Morgan fingerprint density at radius 2 is 2.25 bits per heavy atom. The molecular weight excluding hydrogens is 310 g/mol. The highest BCUT2D eigenvalue weighted by atomic mass is 16.5. The molecule has 7 heteroatoms. The van der Waals surface area contributed by atoms with Gasteiger partial charge < -0.3 is 14.7 Å². The summed E-state index contributed by atoms with van der Waals surface area (Å²) in [6, 6.07) is 3.77. The van der Waals surface area contributed by atoms with Gasteiger partial charge in [-0.3, -0.25) is 14.7 Å². The minimum Gasteiger partial charge on any atom is -0.481 e. The van der Waals surface area contributed by atoms with Crippen LogP contribution < -0.4 is 0 Å². The van der Waals surface area contributed by atoms with E-state index in [-0.39, 0.29) is 19.1 Å². The van der Waals surface area contributed by atoms with Gasteiger partial charge in [0, 0.05) is 25.6 Å². The molecule has 1 unspecified atom stereocenters. The summed E-state index contributed by atoms with van der Waals surface area (Å²) in [5.41, 5.74) is 1.13. The van der Waals surface area contributed by atoms with Gasteiger partial charge in [-0.05, 0) is 37.5 Å². The van der Waals surface area contributed by atoms with Gasteiger partial charge in [-0.2, -0.15) is 5.10 Å². The van der Waals surface area contributed by atoms with Crippen molar-refractivity contribution in [3.63, 3.8) is 0 Å². The number of carbonyl (C=O) groups is 2. The molecule has 1 atom stereocenters. The number of carboxylic acids is 1. The normalized spacial score (nSPS) is 21.2. The molecular formula is C17H21N3O4. The number of rotatable bonds is 4. The number of piperidine rings is 1. The third-order valence-corrected chi connectivity index (χ3v) is 4.66. The molecule has 0 bridgehead atoms. The maximum atomic E-state index is 13.0. The molecule has 2 N–H and O–H groups in total. The summed E-state index contributed by atoms with van der Waals surface area (Å²) in [5, 5.41) is 17.4. The second kappa shape index (κ2) is 6.24. The molecule has 7 nitrogen and oxygen atoms in total. The molecule has 1 aromatic carbocycles. The number of H-pyrrole nitrogens is 1. The molecule has 1 aliphatic heterocycles. The van der Waals surface area contributed by atoms with Gasteiger partial charge in [0.1, 0.15) is 5.41 Å². The molecule has 1 fully saturated rings. The van der Waals surface area contributed by atoms with Gasteiger partial charge in [0.25, 0.3) is 5.91 Å². The topological polar surface area (TPSA) is 95.5 Å². The molecule has 0 radical (unpaired) electrons. The number of carboxylic acid groups (broad SMARTS) is 1. The highest BCUT2D eigenvalue weighted by molar-refractivity contribution is 6.06. The molecule has 0 saturated carbocycles. The first-order chi connectivity index (χ1) is 11.5. The van der Waals surface area contributed by atoms with Crippen LogP contribution in [0.3, 0.4) is 0 Å². The Bertz CT molecular complexity index is 781. The summed E-state index contributed by atoms with van der Waals surface area (Å²) in [6.45, 7) is 2.71. The van der Waals surface area contributed by atoms with E-state index in [1.54, 1.807) is 11.1 Å². The first-order valence-corrected chi connectivity index (χ1v) is 7.92. The third-order valence-electron chi connectivity index (χ3n) is 4.66. The van der Waals surface area contributed by atoms with Gasteiger partial charge >= 0.3 is 5.97 Å². The summed E-state index contributed by atoms with van der Waals surface area (Å²) in [4.78, 5) is 26.4. The molecule has 0 aliphatic carbocycles. The zero-order valence-electron chi connectivity index (χ0n) is 13.8. The number of aliphatic carboxylic acids is 1. The summed E-state index contributed by atoms with van der Waals surface area (Å²) >= 11 is 0. The van der Waals surface area contributed by atoms with E-state index in [0.29, 0.717) is 30.5 Å². The Hall–Kier alpha value is -2.41. The van der Waals surface area contributed by atoms with Crippen LogP contribution in [-0.4, -0.2) is 58.9 Å². The number of nitrogens with zero attached hydrogens (tertiary/aromatic N) is 2. The van der Waals surface area contributed by atoms with Crippen LogP contribution in [-0.2, 0) is 9.53 Å². The Kier molecular flexibility index (Phi) is 4.28. The van der Waals surface area contributed by atoms with Gasteiger partial charge in [0.15, 0.2) is 0 Å². The quantitative estimate of drug-likeness (QED) is 0.891. The van der Waals surface area contributed by atoms with Crippen LogP contribution in [0.5, 0.6) is 0 Å². The van der Waals surface area contributed by atoms with Gasteiger partial charge in [-0.25, -0.2) is 0 Å². The molecule has 1 aromatic heterocycles. The number of methoxy groups -OCH3 is 1. The molecule has 128 valence electrons. The van der Waals surface area contributed by atoms with Crippen molar-refractivity contribution >= 4 is 22.8 Å². The summed E-state index contributed by atoms with van der Waals surface area (Å²) in [7, 11) is 1.49. The van der Waals surface area contributed by atoms with Crippen LogP contribution in [0.15, 0.2) is 18.3 Å². The second-order valence-corrected chi connectivity index (χ2v) is 6.50. The van der Waals surface area contributed by atoms with E-state index in [9.17, 15) is 14.7 Å². The number of ether oxygens (including phenoxy) is 1. The van der Waals surface area contributed by atoms with Crippen molar-refractivity contribution in [2.45, 2.75) is 19.8 Å². The van der Waals surface area contributed by atoms with E-state index >= 15 is 0 Å². The fraction of sp³-hybridized carbons (Fsp3) is 0.471. The lowest BCUT2D eigenvalue weighted by Crippen LogP contribution is -2.52. The van der Waals surface area contributed by atoms with Crippen molar-refractivity contribution in [3.8, 4) is 0 Å². The fourth-order valence-corrected chi connectivity index (χ4v) is 3.48. The number of carbonyl (C=O) groups excluding carboxylic acids is 1. The van der Waals surface area contributed by atoms with Crippen molar-refractivity contribution in [1.82, 2.24) is 15.1 Å². The smallest absolute Gasteiger partial charge is 0.313 e. The maximum Gasteiger partial charge on any atom is 0.313 e. The average molecular weight is 331 g/mol.